The maximum Gasteiger partial charge on any atom is 0.267 e. The van der Waals surface area contributed by atoms with E-state index in [0.29, 0.717) is 13.0 Å². The number of carbonyl (C=O) groups is 1. The molecule has 1 atom stereocenters. The van der Waals surface area contributed by atoms with Gasteiger partial charge in [-0.15, -0.1) is 0 Å². The van der Waals surface area contributed by atoms with Crippen LogP contribution in [0.1, 0.15) is 24.8 Å². The standard InChI is InChI=1S/C18H22N6O/c1-23-10-6-5-9-18(23,17(25)22-15-7-3-2-4-8-15)24-16-14(12-21-24)11-19-13-20-16/h2-4,7-8,12-13H,5-6,9-11H2,1H3,(H,19,20)(H,22,25). The number of rotatable bonds is 3. The van der Waals surface area contributed by atoms with E-state index in [-0.39, 0.29) is 5.91 Å². The van der Waals surface area contributed by atoms with Crippen molar-refractivity contribution in [1.82, 2.24) is 20.0 Å². The number of carbonyl (C=O) groups excluding carboxylic acids is 1. The van der Waals surface area contributed by atoms with Crippen molar-refractivity contribution in [1.29, 1.82) is 0 Å². The number of nitrogens with one attached hydrogen (secondary N) is 2. The average molecular weight is 338 g/mol. The van der Waals surface area contributed by atoms with Crippen LogP contribution in [0, 0.1) is 0 Å². The Labute approximate surface area is 146 Å². The van der Waals surface area contributed by atoms with Gasteiger partial charge < -0.3 is 10.6 Å². The molecule has 3 heterocycles. The van der Waals surface area contributed by atoms with Crippen molar-refractivity contribution in [3.63, 3.8) is 0 Å². The summed E-state index contributed by atoms with van der Waals surface area (Å²) in [5, 5.41) is 10.7. The highest BCUT2D eigenvalue weighted by Gasteiger charge is 2.48. The zero-order valence-corrected chi connectivity index (χ0v) is 14.3. The Kier molecular flexibility index (Phi) is 4.01. The summed E-state index contributed by atoms with van der Waals surface area (Å²) in [6.45, 7) is 1.53. The number of aliphatic imine (C=N–C) groups is 1. The molecular weight excluding hydrogens is 316 g/mol. The number of aromatic nitrogens is 2. The first kappa shape index (κ1) is 15.8. The third-order valence-corrected chi connectivity index (χ3v) is 5.03. The van der Waals surface area contributed by atoms with Crippen LogP contribution in [0.2, 0.25) is 0 Å². The number of fused-ring (bicyclic) bond motifs is 1. The Morgan fingerprint density at radius 2 is 2.12 bits per heavy atom. The van der Waals surface area contributed by atoms with Crippen LogP contribution in [0.15, 0.2) is 41.5 Å². The van der Waals surface area contributed by atoms with Crippen LogP contribution >= 0.6 is 0 Å². The first-order valence-corrected chi connectivity index (χ1v) is 8.63. The van der Waals surface area contributed by atoms with Crippen LogP contribution in [0.4, 0.5) is 11.5 Å². The van der Waals surface area contributed by atoms with Gasteiger partial charge in [-0.05, 0) is 38.4 Å². The molecule has 7 nitrogen and oxygen atoms in total. The van der Waals surface area contributed by atoms with Gasteiger partial charge in [0.15, 0.2) is 11.5 Å². The quantitative estimate of drug-likeness (QED) is 0.898. The summed E-state index contributed by atoms with van der Waals surface area (Å²) in [5.41, 5.74) is 0.932. The fourth-order valence-electron chi connectivity index (χ4n) is 3.67. The maximum absolute atomic E-state index is 13.4. The van der Waals surface area contributed by atoms with Crippen molar-refractivity contribution < 1.29 is 4.79 Å². The fraction of sp³-hybridized carbons (Fsp3) is 0.389. The molecule has 1 unspecified atom stereocenters. The third-order valence-electron chi connectivity index (χ3n) is 5.03. The van der Waals surface area contributed by atoms with E-state index in [4.69, 9.17) is 0 Å². The maximum atomic E-state index is 13.4. The lowest BCUT2D eigenvalue weighted by atomic mass is 9.94. The van der Waals surface area contributed by atoms with Gasteiger partial charge in [-0.25, -0.2) is 9.67 Å². The molecule has 1 aromatic heterocycles. The van der Waals surface area contributed by atoms with E-state index in [9.17, 15) is 4.79 Å². The predicted octanol–water partition coefficient (Wildman–Crippen LogP) is 2.05. The Balaban J connectivity index is 1.77. The topological polar surface area (TPSA) is 74.5 Å². The second kappa shape index (κ2) is 6.33. The predicted molar refractivity (Wildman–Crippen MR) is 96.7 cm³/mol. The smallest absolute Gasteiger partial charge is 0.267 e. The molecule has 2 aliphatic heterocycles. The molecule has 2 aliphatic rings. The average Bonchev–Trinajstić information content (AvgIpc) is 3.07. The van der Waals surface area contributed by atoms with Crippen LogP contribution in [0.5, 0.6) is 0 Å². The molecule has 130 valence electrons. The zero-order valence-electron chi connectivity index (χ0n) is 14.3. The highest BCUT2D eigenvalue weighted by molar-refractivity contribution is 5.96. The van der Waals surface area contributed by atoms with Crippen molar-refractivity contribution in [2.24, 2.45) is 4.99 Å². The van der Waals surface area contributed by atoms with E-state index in [1.807, 2.05) is 37.4 Å². The minimum absolute atomic E-state index is 0.0690. The van der Waals surface area contributed by atoms with Gasteiger partial charge in [-0.3, -0.25) is 9.69 Å². The monoisotopic (exact) mass is 338 g/mol. The molecule has 0 spiro atoms. The lowest BCUT2D eigenvalue weighted by Crippen LogP contribution is -2.59. The number of hydrogen-bond acceptors (Lipinski definition) is 5. The van der Waals surface area contributed by atoms with Crippen LogP contribution in [0.25, 0.3) is 0 Å². The molecule has 2 aromatic rings. The van der Waals surface area contributed by atoms with E-state index in [1.165, 1.54) is 0 Å². The lowest BCUT2D eigenvalue weighted by Gasteiger charge is -2.44. The van der Waals surface area contributed by atoms with Gasteiger partial charge >= 0.3 is 0 Å². The third kappa shape index (κ3) is 2.60. The van der Waals surface area contributed by atoms with Gasteiger partial charge in [0.1, 0.15) is 0 Å². The van der Waals surface area contributed by atoms with Crippen LogP contribution in [-0.2, 0) is 17.0 Å². The second-order valence-corrected chi connectivity index (χ2v) is 6.56. The number of hydrogen-bond donors (Lipinski definition) is 2. The van der Waals surface area contributed by atoms with Gasteiger partial charge in [0.25, 0.3) is 5.91 Å². The van der Waals surface area contributed by atoms with E-state index in [2.05, 4.69) is 25.6 Å². The number of piperidine rings is 1. The number of likely N-dealkylation sites (N-methyl/N-ethyl adjacent to an activating group) is 1. The number of likely N-dealkylation sites (tertiary alicyclic amines) is 1. The highest BCUT2D eigenvalue weighted by atomic mass is 16.2. The molecule has 1 amide bonds. The Bertz CT molecular complexity index is 799. The van der Waals surface area contributed by atoms with Gasteiger partial charge in [-0.1, -0.05) is 18.2 Å². The number of nitrogens with zero attached hydrogens (tertiary/aromatic N) is 4. The second-order valence-electron chi connectivity index (χ2n) is 6.56. The van der Waals surface area contributed by atoms with E-state index >= 15 is 0 Å². The Morgan fingerprint density at radius 3 is 2.92 bits per heavy atom. The summed E-state index contributed by atoms with van der Waals surface area (Å²) in [6, 6.07) is 9.56. The van der Waals surface area contributed by atoms with Crippen molar-refractivity contribution in [2.75, 3.05) is 18.9 Å². The minimum Gasteiger partial charge on any atom is -0.372 e. The van der Waals surface area contributed by atoms with Crippen LogP contribution in [0.3, 0.4) is 0 Å². The first-order valence-electron chi connectivity index (χ1n) is 8.63. The first-order chi connectivity index (χ1) is 12.2. The van der Waals surface area contributed by atoms with Crippen LogP contribution in [-0.4, -0.2) is 40.5 Å². The molecule has 2 N–H and O–H groups in total. The molecule has 0 aliphatic carbocycles. The van der Waals surface area contributed by atoms with E-state index < -0.39 is 5.66 Å². The summed E-state index contributed by atoms with van der Waals surface area (Å²) in [4.78, 5) is 20.0. The molecule has 1 aromatic carbocycles. The molecule has 4 rings (SSSR count). The number of anilines is 1. The normalized spacial score (nSPS) is 22.9. The molecule has 0 bridgehead atoms. The lowest BCUT2D eigenvalue weighted by molar-refractivity contribution is -0.138. The zero-order chi connectivity index (χ0) is 17.3. The summed E-state index contributed by atoms with van der Waals surface area (Å²) >= 11 is 0. The minimum atomic E-state index is -0.865. The van der Waals surface area contributed by atoms with Gasteiger partial charge in [-0.2, -0.15) is 5.10 Å². The summed E-state index contributed by atoms with van der Waals surface area (Å²) in [6.07, 6.45) is 6.23. The number of para-hydroxylation sites is 1. The van der Waals surface area contributed by atoms with Crippen molar-refractivity contribution in [3.8, 4) is 0 Å². The van der Waals surface area contributed by atoms with Crippen LogP contribution < -0.4 is 10.6 Å². The largest absolute Gasteiger partial charge is 0.372 e. The molecule has 0 saturated carbocycles. The highest BCUT2D eigenvalue weighted by Crippen LogP contribution is 2.37. The molecule has 25 heavy (non-hydrogen) atoms. The fourth-order valence-corrected chi connectivity index (χ4v) is 3.67. The van der Waals surface area contributed by atoms with Crippen molar-refractivity contribution in [3.05, 3.63) is 42.1 Å². The molecular formula is C18H22N6O. The summed E-state index contributed by atoms with van der Waals surface area (Å²) in [7, 11) is 1.99. The van der Waals surface area contributed by atoms with Crippen molar-refractivity contribution >= 4 is 23.8 Å². The van der Waals surface area contributed by atoms with Gasteiger partial charge in [0, 0.05) is 24.3 Å². The van der Waals surface area contributed by atoms with Crippen molar-refractivity contribution in [2.45, 2.75) is 31.5 Å². The molecule has 7 heteroatoms. The molecule has 0 radical (unpaired) electrons. The summed E-state index contributed by atoms with van der Waals surface area (Å²) < 4.78 is 1.80. The molecule has 1 fully saturated rings. The number of amides is 1. The van der Waals surface area contributed by atoms with E-state index in [1.54, 1.807) is 17.2 Å². The summed E-state index contributed by atoms with van der Waals surface area (Å²) in [5.74, 6) is 0.691. The van der Waals surface area contributed by atoms with Gasteiger partial charge in [0.05, 0.1) is 12.5 Å². The Hall–Kier alpha value is -2.67. The molecule has 1 saturated heterocycles. The SMILES string of the molecule is CN1CCCCC1(C(=O)Nc1ccccc1)n1ncc2c1N=CNC2. The number of benzene rings is 1. The van der Waals surface area contributed by atoms with Gasteiger partial charge in [0.2, 0.25) is 0 Å². The Morgan fingerprint density at radius 1 is 1.28 bits per heavy atom. The van der Waals surface area contributed by atoms with E-state index in [0.717, 1.165) is 36.5 Å².